The highest BCUT2D eigenvalue weighted by Crippen LogP contribution is 2.31. The topological polar surface area (TPSA) is 41.7 Å². The minimum atomic E-state index is -0.0561. The maximum atomic E-state index is 12.0. The van der Waals surface area contributed by atoms with Crippen LogP contribution in [0.2, 0.25) is 0 Å². The van der Waals surface area contributed by atoms with Gasteiger partial charge in [0.05, 0.1) is 17.6 Å². The van der Waals surface area contributed by atoms with E-state index in [4.69, 9.17) is 0 Å². The Balaban J connectivity index is 2.43. The average Bonchev–Trinajstić information content (AvgIpc) is 2.78. The first-order valence-corrected chi connectivity index (χ1v) is 6.18. The number of pyridine rings is 1. The van der Waals surface area contributed by atoms with E-state index in [0.29, 0.717) is 5.39 Å². The molecule has 19 heavy (non-hydrogen) atoms. The number of aromatic nitrogens is 1. The van der Waals surface area contributed by atoms with Crippen LogP contribution in [0.25, 0.3) is 27.2 Å². The van der Waals surface area contributed by atoms with Crippen molar-refractivity contribution in [1.82, 2.24) is 4.40 Å². The lowest BCUT2D eigenvalue weighted by Crippen LogP contribution is -2.02. The quantitative estimate of drug-likeness (QED) is 0.563. The zero-order valence-corrected chi connectivity index (χ0v) is 10.1. The number of hydrogen-bond donors (Lipinski definition) is 1. The highest BCUT2D eigenvalue weighted by Gasteiger charge is 2.13. The van der Waals surface area contributed by atoms with Crippen molar-refractivity contribution >= 4 is 27.2 Å². The maximum Gasteiger partial charge on any atom is 0.189 e. The van der Waals surface area contributed by atoms with E-state index in [1.807, 2.05) is 40.9 Å². The highest BCUT2D eigenvalue weighted by molar-refractivity contribution is 6.14. The smallest absolute Gasteiger partial charge is 0.189 e. The van der Waals surface area contributed by atoms with E-state index in [1.165, 1.54) is 0 Å². The van der Waals surface area contributed by atoms with Crippen molar-refractivity contribution in [2.75, 3.05) is 0 Å². The van der Waals surface area contributed by atoms with E-state index in [2.05, 4.69) is 0 Å². The molecule has 92 valence electrons. The predicted molar refractivity (Wildman–Crippen MR) is 75.8 cm³/mol. The van der Waals surface area contributed by atoms with E-state index in [9.17, 15) is 9.90 Å². The van der Waals surface area contributed by atoms with E-state index in [-0.39, 0.29) is 12.0 Å². The van der Waals surface area contributed by atoms with Crippen LogP contribution in [0.3, 0.4) is 0 Å². The van der Waals surface area contributed by atoms with Gasteiger partial charge < -0.3 is 9.51 Å². The molecule has 0 radical (unpaired) electrons. The number of fused-ring (bicyclic) bond motifs is 3. The van der Waals surface area contributed by atoms with Gasteiger partial charge >= 0.3 is 0 Å². The fraction of sp³-hybridized carbons (Fsp3) is 0.0625. The molecule has 0 bridgehead atoms. The summed E-state index contributed by atoms with van der Waals surface area (Å²) in [5.41, 5.74) is 2.79. The molecule has 0 atom stereocenters. The molecule has 4 aromatic rings. The molecule has 3 nitrogen and oxygen atoms in total. The summed E-state index contributed by atoms with van der Waals surface area (Å²) < 4.78 is 2.04. The van der Waals surface area contributed by atoms with Gasteiger partial charge in [-0.3, -0.25) is 4.79 Å². The van der Waals surface area contributed by atoms with Crippen LogP contribution < -0.4 is 5.43 Å². The molecular weight excluding hydrogens is 238 g/mol. The van der Waals surface area contributed by atoms with E-state index >= 15 is 0 Å². The second kappa shape index (κ2) is 3.56. The number of aliphatic hydroxyl groups is 1. The van der Waals surface area contributed by atoms with Crippen LogP contribution >= 0.6 is 0 Å². The van der Waals surface area contributed by atoms with Crippen molar-refractivity contribution in [2.24, 2.45) is 0 Å². The molecule has 2 heterocycles. The van der Waals surface area contributed by atoms with Gasteiger partial charge in [0.25, 0.3) is 0 Å². The molecule has 3 heteroatoms. The molecule has 0 saturated heterocycles. The zero-order valence-electron chi connectivity index (χ0n) is 10.1. The van der Waals surface area contributed by atoms with E-state index in [1.54, 1.807) is 12.1 Å². The Morgan fingerprint density at radius 1 is 1.00 bits per heavy atom. The Morgan fingerprint density at radius 2 is 1.79 bits per heavy atom. The Labute approximate surface area is 108 Å². The van der Waals surface area contributed by atoms with Gasteiger partial charge in [0.2, 0.25) is 0 Å². The van der Waals surface area contributed by atoms with Crippen molar-refractivity contribution in [3.63, 3.8) is 0 Å². The predicted octanol–water partition coefficient (Wildman–Crippen LogP) is 2.54. The number of rotatable bonds is 1. The van der Waals surface area contributed by atoms with Gasteiger partial charge in [0.1, 0.15) is 0 Å². The minimum Gasteiger partial charge on any atom is -0.392 e. The van der Waals surface area contributed by atoms with E-state index < -0.39 is 0 Å². The normalized spacial score (nSPS) is 11.8. The van der Waals surface area contributed by atoms with Crippen LogP contribution in [-0.2, 0) is 6.61 Å². The standard InChI is InChI=1S/C16H11NO2/c18-9-10-7-12-11-3-1-2-4-14(11)17-6-5-15(19)13(8-10)16(12)17/h1-8,18H,9H2. The number of benzene rings is 2. The van der Waals surface area contributed by atoms with Crippen molar-refractivity contribution in [3.05, 3.63) is 64.4 Å². The Bertz CT molecular complexity index is 969. The summed E-state index contributed by atoms with van der Waals surface area (Å²) in [6, 6.07) is 13.4. The molecule has 0 amide bonds. The third-order valence-corrected chi connectivity index (χ3v) is 3.69. The molecule has 2 aromatic heterocycles. The first-order valence-electron chi connectivity index (χ1n) is 6.18. The molecule has 1 N–H and O–H groups in total. The SMILES string of the molecule is O=c1ccn2c3ccccc3c3cc(CO)cc1c32. The van der Waals surface area contributed by atoms with Gasteiger partial charge in [-0.2, -0.15) is 0 Å². The average molecular weight is 249 g/mol. The third-order valence-electron chi connectivity index (χ3n) is 3.69. The monoisotopic (exact) mass is 249 g/mol. The molecule has 4 rings (SSSR count). The van der Waals surface area contributed by atoms with Crippen LogP contribution in [0.4, 0.5) is 0 Å². The second-order valence-electron chi connectivity index (χ2n) is 4.76. The summed E-state index contributed by atoms with van der Waals surface area (Å²) in [7, 11) is 0. The molecule has 0 spiro atoms. The Morgan fingerprint density at radius 3 is 2.63 bits per heavy atom. The number of nitrogens with zero attached hydrogens (tertiary/aromatic N) is 1. The molecule has 0 saturated carbocycles. The molecular formula is C16H11NO2. The second-order valence-corrected chi connectivity index (χ2v) is 4.76. The van der Waals surface area contributed by atoms with Gasteiger partial charge in [-0.25, -0.2) is 0 Å². The maximum absolute atomic E-state index is 12.0. The number of aliphatic hydroxyl groups excluding tert-OH is 1. The van der Waals surface area contributed by atoms with Gasteiger partial charge in [-0.15, -0.1) is 0 Å². The summed E-state index contributed by atoms with van der Waals surface area (Å²) in [5, 5.41) is 12.2. The first-order chi connectivity index (χ1) is 9.29. The fourth-order valence-electron chi connectivity index (χ4n) is 2.86. The summed E-state index contributed by atoms with van der Waals surface area (Å²) in [5.74, 6) is 0. The lowest BCUT2D eigenvalue weighted by Gasteiger charge is -2.02. The molecule has 0 fully saturated rings. The van der Waals surface area contributed by atoms with Gasteiger partial charge in [0.15, 0.2) is 5.43 Å². The lowest BCUT2D eigenvalue weighted by molar-refractivity contribution is 0.282. The Kier molecular flexibility index (Phi) is 1.97. The van der Waals surface area contributed by atoms with Crippen molar-refractivity contribution < 1.29 is 5.11 Å². The summed E-state index contributed by atoms with van der Waals surface area (Å²) in [4.78, 5) is 12.0. The molecule has 0 aliphatic carbocycles. The number of hydrogen-bond acceptors (Lipinski definition) is 2. The first kappa shape index (κ1) is 10.5. The minimum absolute atomic E-state index is 0.00407. The van der Waals surface area contributed by atoms with Crippen molar-refractivity contribution in [2.45, 2.75) is 6.61 Å². The van der Waals surface area contributed by atoms with Crippen LogP contribution in [0.1, 0.15) is 5.56 Å². The molecule has 0 unspecified atom stereocenters. The van der Waals surface area contributed by atoms with Crippen molar-refractivity contribution in [3.8, 4) is 0 Å². The molecule has 0 aliphatic rings. The van der Waals surface area contributed by atoms with Crippen LogP contribution in [0.15, 0.2) is 53.5 Å². The van der Waals surface area contributed by atoms with Gasteiger partial charge in [-0.05, 0) is 23.8 Å². The van der Waals surface area contributed by atoms with Crippen molar-refractivity contribution in [1.29, 1.82) is 0 Å². The zero-order chi connectivity index (χ0) is 13.0. The lowest BCUT2D eigenvalue weighted by atomic mass is 10.1. The summed E-state index contributed by atoms with van der Waals surface area (Å²) in [6.07, 6.45) is 1.82. The van der Waals surface area contributed by atoms with E-state index in [0.717, 1.165) is 27.4 Å². The van der Waals surface area contributed by atoms with Crippen LogP contribution in [-0.4, -0.2) is 9.51 Å². The van der Waals surface area contributed by atoms with Crippen LogP contribution in [0.5, 0.6) is 0 Å². The molecule has 0 aliphatic heterocycles. The third kappa shape index (κ3) is 1.28. The fourth-order valence-corrected chi connectivity index (χ4v) is 2.86. The molecule has 2 aromatic carbocycles. The number of para-hydroxylation sites is 1. The van der Waals surface area contributed by atoms with Gasteiger partial charge in [0, 0.05) is 28.4 Å². The Hall–Kier alpha value is -2.39. The summed E-state index contributed by atoms with van der Waals surface area (Å²) in [6.45, 7) is -0.0561. The van der Waals surface area contributed by atoms with Crippen LogP contribution in [0, 0.1) is 0 Å². The highest BCUT2D eigenvalue weighted by atomic mass is 16.3. The van der Waals surface area contributed by atoms with Gasteiger partial charge in [-0.1, -0.05) is 18.2 Å². The largest absolute Gasteiger partial charge is 0.392 e. The summed E-state index contributed by atoms with van der Waals surface area (Å²) >= 11 is 0.